The lowest BCUT2D eigenvalue weighted by Crippen LogP contribution is -2.46. The fourth-order valence-electron chi connectivity index (χ4n) is 3.64. The highest BCUT2D eigenvalue weighted by molar-refractivity contribution is 5.92. The molecule has 25 heavy (non-hydrogen) atoms. The van der Waals surface area contributed by atoms with Crippen molar-refractivity contribution in [2.45, 2.75) is 30.9 Å². The number of nitrogens with one attached hydrogen (secondary N) is 1. The third-order valence-corrected chi connectivity index (χ3v) is 4.99. The molecule has 2 fully saturated rings. The first-order chi connectivity index (χ1) is 12.1. The number of amides is 1. The molecule has 2 aromatic heterocycles. The minimum Gasteiger partial charge on any atom is -0.373 e. The minimum absolute atomic E-state index is 0.000748. The van der Waals surface area contributed by atoms with Crippen LogP contribution in [0.1, 0.15) is 29.8 Å². The standard InChI is InChI=1S/C17H22N6O2/c1-22-10-14(20-12-22)15(24)23-7-3-17(4-8-23)9-13(11-25-17)21-16-18-5-2-6-19-16/h2,5-6,10,12-13H,3-4,7-9,11H2,1H3,(H,18,19,21)/t13-/m0/s1. The van der Waals surface area contributed by atoms with Crippen LogP contribution in [0.15, 0.2) is 31.0 Å². The van der Waals surface area contributed by atoms with Gasteiger partial charge in [-0.25, -0.2) is 15.0 Å². The van der Waals surface area contributed by atoms with Gasteiger partial charge in [0.1, 0.15) is 5.69 Å². The number of hydrogen-bond donors (Lipinski definition) is 1. The fourth-order valence-corrected chi connectivity index (χ4v) is 3.64. The van der Waals surface area contributed by atoms with Crippen LogP contribution in [0.2, 0.25) is 0 Å². The van der Waals surface area contributed by atoms with E-state index in [-0.39, 0.29) is 17.6 Å². The van der Waals surface area contributed by atoms with Gasteiger partial charge < -0.3 is 19.5 Å². The predicted octanol–water partition coefficient (Wildman–Crippen LogP) is 1.09. The molecule has 2 aromatic rings. The molecule has 132 valence electrons. The van der Waals surface area contributed by atoms with E-state index < -0.39 is 0 Å². The van der Waals surface area contributed by atoms with Gasteiger partial charge in [0, 0.05) is 38.7 Å². The van der Waals surface area contributed by atoms with Crippen LogP contribution < -0.4 is 5.32 Å². The molecule has 4 heterocycles. The highest BCUT2D eigenvalue weighted by Crippen LogP contribution is 2.36. The van der Waals surface area contributed by atoms with Crippen molar-refractivity contribution in [3.8, 4) is 0 Å². The maximum Gasteiger partial charge on any atom is 0.274 e. The molecule has 0 aliphatic carbocycles. The van der Waals surface area contributed by atoms with Crippen LogP contribution in [0.4, 0.5) is 5.95 Å². The highest BCUT2D eigenvalue weighted by atomic mass is 16.5. The SMILES string of the molecule is Cn1cnc(C(=O)N2CCC3(CC2)C[C@H](Nc2ncccn2)CO3)c1. The molecule has 0 unspecified atom stereocenters. The first kappa shape index (κ1) is 16.0. The first-order valence-electron chi connectivity index (χ1n) is 8.58. The number of carbonyl (C=O) groups excluding carboxylic acids is 1. The van der Waals surface area contributed by atoms with Gasteiger partial charge in [-0.2, -0.15) is 0 Å². The number of carbonyl (C=O) groups is 1. The third-order valence-electron chi connectivity index (χ3n) is 4.99. The van der Waals surface area contributed by atoms with Crippen molar-refractivity contribution in [1.29, 1.82) is 0 Å². The number of aryl methyl sites for hydroxylation is 1. The molecule has 2 saturated heterocycles. The summed E-state index contributed by atoms with van der Waals surface area (Å²) in [7, 11) is 1.87. The predicted molar refractivity (Wildman–Crippen MR) is 91.1 cm³/mol. The molecule has 1 spiro atoms. The van der Waals surface area contributed by atoms with Gasteiger partial charge in [0.2, 0.25) is 5.95 Å². The van der Waals surface area contributed by atoms with E-state index in [2.05, 4.69) is 20.3 Å². The molecule has 0 aromatic carbocycles. The van der Waals surface area contributed by atoms with Gasteiger partial charge in [0.25, 0.3) is 5.91 Å². The maximum absolute atomic E-state index is 12.5. The molecule has 1 amide bonds. The zero-order chi connectivity index (χ0) is 17.3. The molecule has 2 aliphatic heterocycles. The van der Waals surface area contributed by atoms with Crippen LogP contribution in [0, 0.1) is 0 Å². The lowest BCUT2D eigenvalue weighted by molar-refractivity contribution is -0.0388. The van der Waals surface area contributed by atoms with Crippen LogP contribution in [0.5, 0.6) is 0 Å². The largest absolute Gasteiger partial charge is 0.373 e. The number of aromatic nitrogens is 4. The fraction of sp³-hybridized carbons (Fsp3) is 0.529. The van der Waals surface area contributed by atoms with Gasteiger partial charge in [0.05, 0.1) is 24.6 Å². The summed E-state index contributed by atoms with van der Waals surface area (Å²) in [6.45, 7) is 2.04. The summed E-state index contributed by atoms with van der Waals surface area (Å²) in [4.78, 5) is 26.9. The lowest BCUT2D eigenvalue weighted by Gasteiger charge is -2.38. The van der Waals surface area contributed by atoms with Gasteiger partial charge in [-0.15, -0.1) is 0 Å². The Hall–Kier alpha value is -2.48. The zero-order valence-corrected chi connectivity index (χ0v) is 14.3. The van der Waals surface area contributed by atoms with E-state index in [0.717, 1.165) is 19.3 Å². The van der Waals surface area contributed by atoms with E-state index in [1.807, 2.05) is 11.9 Å². The second-order valence-corrected chi connectivity index (χ2v) is 6.83. The second kappa shape index (κ2) is 6.44. The monoisotopic (exact) mass is 342 g/mol. The summed E-state index contributed by atoms with van der Waals surface area (Å²) in [6, 6.07) is 2.01. The summed E-state index contributed by atoms with van der Waals surface area (Å²) in [5.74, 6) is 0.636. The number of nitrogens with zero attached hydrogens (tertiary/aromatic N) is 5. The molecule has 8 nitrogen and oxygen atoms in total. The molecule has 1 atom stereocenters. The van der Waals surface area contributed by atoms with Gasteiger partial charge in [-0.05, 0) is 25.3 Å². The Morgan fingerprint density at radius 1 is 1.28 bits per heavy atom. The summed E-state index contributed by atoms with van der Waals surface area (Å²) >= 11 is 0. The minimum atomic E-state index is -0.145. The smallest absolute Gasteiger partial charge is 0.274 e. The Bertz CT molecular complexity index is 739. The Labute approximate surface area is 146 Å². The van der Waals surface area contributed by atoms with Crippen molar-refractivity contribution in [3.05, 3.63) is 36.7 Å². The number of imidazole rings is 1. The molecule has 4 rings (SSSR count). The molecule has 0 saturated carbocycles. The number of anilines is 1. The molecule has 1 N–H and O–H groups in total. The molecular weight excluding hydrogens is 320 g/mol. The summed E-state index contributed by atoms with van der Waals surface area (Å²) in [6.07, 6.45) is 9.47. The van der Waals surface area contributed by atoms with Crippen LogP contribution in [-0.4, -0.2) is 61.7 Å². The summed E-state index contributed by atoms with van der Waals surface area (Å²) in [5, 5.41) is 3.33. The average Bonchev–Trinajstić information content (AvgIpc) is 3.23. The van der Waals surface area contributed by atoms with E-state index in [9.17, 15) is 4.79 Å². The third kappa shape index (κ3) is 3.34. The second-order valence-electron chi connectivity index (χ2n) is 6.83. The quantitative estimate of drug-likeness (QED) is 0.899. The topological polar surface area (TPSA) is 85.2 Å². The van der Waals surface area contributed by atoms with Crippen molar-refractivity contribution in [2.75, 3.05) is 25.0 Å². The van der Waals surface area contributed by atoms with Crippen molar-refractivity contribution in [1.82, 2.24) is 24.4 Å². The van der Waals surface area contributed by atoms with Crippen LogP contribution >= 0.6 is 0 Å². The average molecular weight is 342 g/mol. The Kier molecular flexibility index (Phi) is 4.12. The Morgan fingerprint density at radius 2 is 2.04 bits per heavy atom. The Balaban J connectivity index is 1.33. The zero-order valence-electron chi connectivity index (χ0n) is 14.3. The highest BCUT2D eigenvalue weighted by Gasteiger charge is 2.43. The molecule has 0 radical (unpaired) electrons. The summed E-state index contributed by atoms with van der Waals surface area (Å²) in [5.41, 5.74) is 0.361. The van der Waals surface area contributed by atoms with E-state index in [1.54, 1.807) is 35.6 Å². The van der Waals surface area contributed by atoms with Crippen LogP contribution in [0.3, 0.4) is 0 Å². The molecule has 2 aliphatic rings. The van der Waals surface area contributed by atoms with Gasteiger partial charge >= 0.3 is 0 Å². The number of ether oxygens (including phenoxy) is 1. The number of rotatable bonds is 3. The Morgan fingerprint density at radius 3 is 2.72 bits per heavy atom. The van der Waals surface area contributed by atoms with Gasteiger partial charge in [-0.1, -0.05) is 0 Å². The van der Waals surface area contributed by atoms with E-state index in [4.69, 9.17) is 4.74 Å². The molecule has 0 bridgehead atoms. The van der Waals surface area contributed by atoms with E-state index >= 15 is 0 Å². The van der Waals surface area contributed by atoms with Gasteiger partial charge in [0.15, 0.2) is 0 Å². The van der Waals surface area contributed by atoms with Crippen molar-refractivity contribution < 1.29 is 9.53 Å². The van der Waals surface area contributed by atoms with Gasteiger partial charge in [-0.3, -0.25) is 4.79 Å². The molecular formula is C17H22N6O2. The van der Waals surface area contributed by atoms with Crippen molar-refractivity contribution in [2.24, 2.45) is 7.05 Å². The normalized spacial score (nSPS) is 22.3. The summed E-state index contributed by atoms with van der Waals surface area (Å²) < 4.78 is 7.92. The van der Waals surface area contributed by atoms with E-state index in [1.165, 1.54) is 0 Å². The van der Waals surface area contributed by atoms with Crippen molar-refractivity contribution >= 4 is 11.9 Å². The number of piperidine rings is 1. The maximum atomic E-state index is 12.5. The van der Waals surface area contributed by atoms with Crippen LogP contribution in [0.25, 0.3) is 0 Å². The number of likely N-dealkylation sites (tertiary alicyclic amines) is 1. The first-order valence-corrected chi connectivity index (χ1v) is 8.58. The number of hydrogen-bond acceptors (Lipinski definition) is 6. The van der Waals surface area contributed by atoms with E-state index in [0.29, 0.717) is 31.3 Å². The molecule has 8 heteroatoms. The lowest BCUT2D eigenvalue weighted by atomic mass is 9.87. The van der Waals surface area contributed by atoms with Crippen molar-refractivity contribution in [3.63, 3.8) is 0 Å². The van der Waals surface area contributed by atoms with Crippen LogP contribution in [-0.2, 0) is 11.8 Å².